The lowest BCUT2D eigenvalue weighted by Gasteiger charge is -2.12. The van der Waals surface area contributed by atoms with Crippen LogP contribution in [0.4, 0.5) is 8.78 Å². The zero-order chi connectivity index (χ0) is 13.0. The van der Waals surface area contributed by atoms with Gasteiger partial charge in [0.05, 0.1) is 11.8 Å². The summed E-state index contributed by atoms with van der Waals surface area (Å²) in [4.78, 5) is 0. The third kappa shape index (κ3) is 3.12. The van der Waals surface area contributed by atoms with E-state index in [1.807, 2.05) is 0 Å². The number of hydrogen-bond acceptors (Lipinski definition) is 4. The van der Waals surface area contributed by atoms with E-state index >= 15 is 0 Å². The Bertz CT molecular complexity index is 503. The fourth-order valence-electron chi connectivity index (χ4n) is 1.55. The molecule has 0 saturated carbocycles. The van der Waals surface area contributed by atoms with Crippen molar-refractivity contribution < 1.29 is 18.4 Å². The Labute approximate surface area is 102 Å². The molecule has 2 N–H and O–H groups in total. The highest BCUT2D eigenvalue weighted by Crippen LogP contribution is 2.17. The van der Waals surface area contributed by atoms with E-state index in [0.717, 1.165) is 12.1 Å². The summed E-state index contributed by atoms with van der Waals surface area (Å²) < 4.78 is 30.7. The van der Waals surface area contributed by atoms with Gasteiger partial charge in [-0.25, -0.2) is 8.78 Å². The van der Waals surface area contributed by atoms with Crippen molar-refractivity contribution in [2.24, 2.45) is 0 Å². The number of nitrogens with zero attached hydrogens (tertiary/aromatic N) is 1. The van der Waals surface area contributed by atoms with E-state index in [9.17, 15) is 13.9 Å². The van der Waals surface area contributed by atoms with Crippen LogP contribution in [0.15, 0.2) is 35.1 Å². The highest BCUT2D eigenvalue weighted by molar-refractivity contribution is 5.21. The number of rotatable bonds is 5. The number of aliphatic hydroxyl groups excluding tert-OH is 1. The monoisotopic (exact) mass is 254 g/mol. The molecule has 1 heterocycles. The lowest BCUT2D eigenvalue weighted by molar-refractivity contribution is 0.169. The summed E-state index contributed by atoms with van der Waals surface area (Å²) in [5, 5.41) is 16.3. The van der Waals surface area contributed by atoms with Gasteiger partial charge in [-0.1, -0.05) is 11.2 Å². The zero-order valence-electron chi connectivity index (χ0n) is 9.44. The molecule has 18 heavy (non-hydrogen) atoms. The predicted molar refractivity (Wildman–Crippen MR) is 59.5 cm³/mol. The van der Waals surface area contributed by atoms with Crippen LogP contribution in [0.1, 0.15) is 17.4 Å². The van der Waals surface area contributed by atoms with Crippen LogP contribution in [0, 0.1) is 11.6 Å². The van der Waals surface area contributed by atoms with Crippen LogP contribution in [0.5, 0.6) is 0 Å². The van der Waals surface area contributed by atoms with Crippen molar-refractivity contribution in [3.8, 4) is 0 Å². The zero-order valence-corrected chi connectivity index (χ0v) is 9.44. The summed E-state index contributed by atoms with van der Waals surface area (Å²) in [6, 6.07) is 4.76. The van der Waals surface area contributed by atoms with E-state index in [2.05, 4.69) is 15.0 Å². The normalized spacial score (nSPS) is 12.6. The molecule has 96 valence electrons. The van der Waals surface area contributed by atoms with Crippen molar-refractivity contribution in [3.05, 3.63) is 53.4 Å². The maximum absolute atomic E-state index is 13.3. The molecule has 0 fully saturated rings. The molecule has 0 amide bonds. The van der Waals surface area contributed by atoms with Gasteiger partial charge in [-0.15, -0.1) is 0 Å². The van der Waals surface area contributed by atoms with Gasteiger partial charge in [0.15, 0.2) is 0 Å². The molecule has 4 nitrogen and oxygen atoms in total. The van der Waals surface area contributed by atoms with Gasteiger partial charge in [0.1, 0.15) is 17.9 Å². The average molecular weight is 254 g/mol. The molecular weight excluding hydrogens is 242 g/mol. The molecule has 6 heteroatoms. The maximum Gasteiger partial charge on any atom is 0.131 e. The molecule has 0 aliphatic rings. The Morgan fingerprint density at radius 2 is 2.17 bits per heavy atom. The maximum atomic E-state index is 13.3. The largest absolute Gasteiger partial charge is 0.387 e. The summed E-state index contributed by atoms with van der Waals surface area (Å²) in [5.41, 5.74) is 0.742. The first-order valence-corrected chi connectivity index (χ1v) is 5.40. The quantitative estimate of drug-likeness (QED) is 0.853. The topological polar surface area (TPSA) is 58.3 Å². The molecular formula is C12H12F2N2O2. The van der Waals surface area contributed by atoms with Crippen LogP contribution in [0.25, 0.3) is 0 Å². The molecule has 1 aromatic heterocycles. The van der Waals surface area contributed by atoms with E-state index in [1.54, 1.807) is 6.07 Å². The summed E-state index contributed by atoms with van der Waals surface area (Å²) in [7, 11) is 0. The lowest BCUT2D eigenvalue weighted by atomic mass is 10.1. The Hall–Kier alpha value is -1.79. The van der Waals surface area contributed by atoms with Crippen LogP contribution in [-0.2, 0) is 6.54 Å². The van der Waals surface area contributed by atoms with Gasteiger partial charge >= 0.3 is 0 Å². The summed E-state index contributed by atoms with van der Waals surface area (Å²) in [6.07, 6.45) is 0.394. The van der Waals surface area contributed by atoms with E-state index in [-0.39, 0.29) is 12.1 Å². The van der Waals surface area contributed by atoms with Gasteiger partial charge in [-0.05, 0) is 6.07 Å². The summed E-state index contributed by atoms with van der Waals surface area (Å²) >= 11 is 0. The third-order valence-corrected chi connectivity index (χ3v) is 2.46. The van der Waals surface area contributed by atoms with Crippen LogP contribution >= 0.6 is 0 Å². The molecule has 1 unspecified atom stereocenters. The molecule has 0 bridgehead atoms. The number of nitrogens with one attached hydrogen (secondary N) is 1. The number of hydrogen-bond donors (Lipinski definition) is 2. The number of aromatic nitrogens is 1. The molecule has 0 aliphatic heterocycles. The fourth-order valence-corrected chi connectivity index (χ4v) is 1.55. The molecule has 0 radical (unpaired) electrons. The first-order valence-electron chi connectivity index (χ1n) is 5.40. The predicted octanol–water partition coefficient (Wildman–Crippen LogP) is 1.78. The number of halogens is 2. The number of aliphatic hydroxyl groups is 1. The van der Waals surface area contributed by atoms with Crippen molar-refractivity contribution in [3.63, 3.8) is 0 Å². The van der Waals surface area contributed by atoms with E-state index < -0.39 is 17.7 Å². The summed E-state index contributed by atoms with van der Waals surface area (Å²) in [5.74, 6) is -1.43. The van der Waals surface area contributed by atoms with Gasteiger partial charge in [-0.3, -0.25) is 0 Å². The average Bonchev–Trinajstić information content (AvgIpc) is 2.81. The molecule has 0 saturated heterocycles. The first kappa shape index (κ1) is 12.7. The van der Waals surface area contributed by atoms with Crippen molar-refractivity contribution in [1.82, 2.24) is 10.5 Å². The van der Waals surface area contributed by atoms with Crippen molar-refractivity contribution >= 4 is 0 Å². The molecule has 0 spiro atoms. The minimum atomic E-state index is -1.04. The Morgan fingerprint density at radius 1 is 1.33 bits per heavy atom. The van der Waals surface area contributed by atoms with Gasteiger partial charge in [0.2, 0.25) is 0 Å². The SMILES string of the molecule is OC(CNCc1ccon1)c1ccc(F)cc1F. The first-order chi connectivity index (χ1) is 8.66. The minimum Gasteiger partial charge on any atom is -0.387 e. The highest BCUT2D eigenvalue weighted by Gasteiger charge is 2.13. The van der Waals surface area contributed by atoms with Crippen LogP contribution in [-0.4, -0.2) is 16.8 Å². The third-order valence-electron chi connectivity index (χ3n) is 2.46. The number of benzene rings is 1. The van der Waals surface area contributed by atoms with Gasteiger partial charge in [0.25, 0.3) is 0 Å². The second-order valence-electron chi connectivity index (χ2n) is 3.80. The lowest BCUT2D eigenvalue weighted by Crippen LogP contribution is -2.21. The standard InChI is InChI=1S/C12H12F2N2O2/c13-8-1-2-10(11(14)5-8)12(17)7-15-6-9-3-4-18-16-9/h1-5,12,15,17H,6-7H2. The molecule has 1 atom stereocenters. The second kappa shape index (κ2) is 5.70. The Balaban J connectivity index is 1.89. The molecule has 2 aromatic rings. The van der Waals surface area contributed by atoms with Gasteiger partial charge < -0.3 is 14.9 Å². The van der Waals surface area contributed by atoms with Crippen molar-refractivity contribution in [1.29, 1.82) is 0 Å². The molecule has 2 rings (SSSR count). The van der Waals surface area contributed by atoms with Gasteiger partial charge in [0, 0.05) is 30.8 Å². The fraction of sp³-hybridized carbons (Fsp3) is 0.250. The van der Waals surface area contributed by atoms with E-state index in [1.165, 1.54) is 12.3 Å². The molecule has 0 aliphatic carbocycles. The Kier molecular flexibility index (Phi) is 4.01. The molecule has 1 aromatic carbocycles. The second-order valence-corrected chi connectivity index (χ2v) is 3.80. The van der Waals surface area contributed by atoms with Gasteiger partial charge in [-0.2, -0.15) is 0 Å². The van der Waals surface area contributed by atoms with Crippen LogP contribution in [0.3, 0.4) is 0 Å². The smallest absolute Gasteiger partial charge is 0.131 e. The Morgan fingerprint density at radius 3 is 2.83 bits per heavy atom. The van der Waals surface area contributed by atoms with Crippen LogP contribution in [0.2, 0.25) is 0 Å². The van der Waals surface area contributed by atoms with Crippen molar-refractivity contribution in [2.75, 3.05) is 6.54 Å². The summed E-state index contributed by atoms with van der Waals surface area (Å²) in [6.45, 7) is 0.534. The highest BCUT2D eigenvalue weighted by atomic mass is 19.1. The van der Waals surface area contributed by atoms with Crippen LogP contribution < -0.4 is 5.32 Å². The van der Waals surface area contributed by atoms with E-state index in [4.69, 9.17) is 0 Å². The van der Waals surface area contributed by atoms with Crippen molar-refractivity contribution in [2.45, 2.75) is 12.6 Å². The van der Waals surface area contributed by atoms with E-state index in [0.29, 0.717) is 12.2 Å². The minimum absolute atomic E-state index is 0.0593.